The maximum Gasteiger partial charge on any atom is 0.227 e. The number of benzene rings is 1. The molecule has 2 heterocycles. The van der Waals surface area contributed by atoms with Crippen LogP contribution in [0.25, 0.3) is 0 Å². The molecule has 7 nitrogen and oxygen atoms in total. The highest BCUT2D eigenvalue weighted by Gasteiger charge is 2.48. The van der Waals surface area contributed by atoms with Crippen LogP contribution in [0, 0.1) is 5.92 Å². The minimum atomic E-state index is -0.275. The van der Waals surface area contributed by atoms with Gasteiger partial charge in [0.15, 0.2) is 5.82 Å². The molecule has 0 spiro atoms. The van der Waals surface area contributed by atoms with Crippen molar-refractivity contribution in [2.75, 3.05) is 19.8 Å². The monoisotopic (exact) mass is 333 g/mol. The third-order valence-corrected chi connectivity index (χ3v) is 4.83. The predicted molar refractivity (Wildman–Crippen MR) is 81.8 cm³/mol. The van der Waals surface area contributed by atoms with Crippen molar-refractivity contribution in [3.05, 3.63) is 40.7 Å². The Bertz CT molecular complexity index is 708. The number of rotatable bonds is 3. The zero-order chi connectivity index (χ0) is 15.8. The number of carbonyl (C=O) groups is 1. The van der Waals surface area contributed by atoms with Gasteiger partial charge in [-0.1, -0.05) is 35.0 Å². The van der Waals surface area contributed by atoms with Gasteiger partial charge in [-0.3, -0.25) is 4.79 Å². The Labute approximate surface area is 138 Å². The van der Waals surface area contributed by atoms with Gasteiger partial charge in [-0.05, 0) is 24.0 Å². The summed E-state index contributed by atoms with van der Waals surface area (Å²) in [5.74, 6) is 0.786. The van der Waals surface area contributed by atoms with E-state index in [9.17, 15) is 4.79 Å². The van der Waals surface area contributed by atoms with Crippen LogP contribution < -0.4 is 0 Å². The van der Waals surface area contributed by atoms with E-state index < -0.39 is 0 Å². The van der Waals surface area contributed by atoms with Gasteiger partial charge in [-0.25, -0.2) is 0 Å². The van der Waals surface area contributed by atoms with Crippen molar-refractivity contribution in [2.24, 2.45) is 5.92 Å². The van der Waals surface area contributed by atoms with Crippen molar-refractivity contribution in [3.63, 3.8) is 0 Å². The molecule has 1 aromatic carbocycles. The van der Waals surface area contributed by atoms with Crippen LogP contribution in [0.5, 0.6) is 0 Å². The highest BCUT2D eigenvalue weighted by atomic mass is 35.5. The molecule has 2 aliphatic rings. The molecular weight excluding hydrogens is 318 g/mol. The number of hydrogen-bond acceptors (Lipinski definition) is 5. The fourth-order valence-corrected chi connectivity index (χ4v) is 3.47. The molecule has 1 aromatic heterocycles. The quantitative estimate of drug-likeness (QED) is 0.921. The van der Waals surface area contributed by atoms with Crippen molar-refractivity contribution in [1.29, 1.82) is 0 Å². The predicted octanol–water partition coefficient (Wildman–Crippen LogP) is 1.56. The summed E-state index contributed by atoms with van der Waals surface area (Å²) in [7, 11) is 0. The van der Waals surface area contributed by atoms with E-state index in [2.05, 4.69) is 20.6 Å². The summed E-state index contributed by atoms with van der Waals surface area (Å²) in [5, 5.41) is 14.7. The molecule has 0 unspecified atom stereocenters. The second-order valence-electron chi connectivity index (χ2n) is 5.86. The van der Waals surface area contributed by atoms with Crippen molar-refractivity contribution < 1.29 is 9.53 Å². The van der Waals surface area contributed by atoms with Gasteiger partial charge in [-0.2, -0.15) is 5.21 Å². The molecule has 0 radical (unpaired) electrons. The summed E-state index contributed by atoms with van der Waals surface area (Å²) >= 11 is 6.25. The largest absolute Gasteiger partial charge is 0.377 e. The molecule has 8 heteroatoms. The average molecular weight is 334 g/mol. The van der Waals surface area contributed by atoms with E-state index in [0.29, 0.717) is 25.6 Å². The Morgan fingerprint density at radius 3 is 3.04 bits per heavy atom. The molecule has 3 atom stereocenters. The van der Waals surface area contributed by atoms with Gasteiger partial charge in [0.05, 0.1) is 13.2 Å². The van der Waals surface area contributed by atoms with Crippen molar-refractivity contribution >= 4 is 17.5 Å². The molecule has 120 valence electrons. The van der Waals surface area contributed by atoms with Crippen LogP contribution in [-0.2, 0) is 9.53 Å². The number of tetrazole rings is 1. The number of halogens is 1. The van der Waals surface area contributed by atoms with Crippen LogP contribution in [0.3, 0.4) is 0 Å². The number of ether oxygens (including phenoxy) is 1. The number of hydrogen-bond donors (Lipinski definition) is 1. The molecule has 0 bridgehead atoms. The van der Waals surface area contributed by atoms with E-state index in [1.165, 1.54) is 0 Å². The Morgan fingerprint density at radius 2 is 2.26 bits per heavy atom. The molecule has 1 aliphatic carbocycles. The van der Waals surface area contributed by atoms with E-state index in [4.69, 9.17) is 16.3 Å². The van der Waals surface area contributed by atoms with Gasteiger partial charge in [0.2, 0.25) is 5.91 Å². The number of H-pyrrole nitrogens is 1. The van der Waals surface area contributed by atoms with E-state index in [-0.39, 0.29) is 23.8 Å². The van der Waals surface area contributed by atoms with Crippen molar-refractivity contribution in [1.82, 2.24) is 25.5 Å². The number of nitrogens with one attached hydrogen (secondary N) is 1. The average Bonchev–Trinajstić information content (AvgIpc) is 3.18. The van der Waals surface area contributed by atoms with Gasteiger partial charge in [0, 0.05) is 17.5 Å². The molecule has 2 aromatic rings. The lowest BCUT2D eigenvalue weighted by atomic mass is 10.1. The minimum Gasteiger partial charge on any atom is -0.377 e. The zero-order valence-corrected chi connectivity index (χ0v) is 13.1. The Balaban J connectivity index is 1.51. The Hall–Kier alpha value is -1.99. The first-order chi connectivity index (χ1) is 11.3. The summed E-state index contributed by atoms with van der Waals surface area (Å²) in [5.41, 5.74) is 1.05. The van der Waals surface area contributed by atoms with E-state index >= 15 is 0 Å². The zero-order valence-electron chi connectivity index (χ0n) is 12.4. The van der Waals surface area contributed by atoms with Gasteiger partial charge >= 0.3 is 0 Å². The van der Waals surface area contributed by atoms with E-state index in [1.807, 2.05) is 29.2 Å². The second-order valence-corrected chi connectivity index (χ2v) is 6.27. The maximum atomic E-state index is 12.9. The number of amides is 1. The summed E-state index contributed by atoms with van der Waals surface area (Å²) in [6.45, 7) is 1.47. The summed E-state index contributed by atoms with van der Waals surface area (Å²) in [4.78, 5) is 14.7. The smallest absolute Gasteiger partial charge is 0.227 e. The first-order valence-electron chi connectivity index (χ1n) is 7.61. The number of aromatic amines is 1. The van der Waals surface area contributed by atoms with Crippen LogP contribution >= 0.6 is 11.6 Å². The molecule has 1 amide bonds. The number of carbonyl (C=O) groups excluding carboxylic acids is 1. The lowest BCUT2D eigenvalue weighted by Crippen LogP contribution is -2.44. The van der Waals surface area contributed by atoms with Gasteiger partial charge < -0.3 is 9.64 Å². The molecule has 2 fully saturated rings. The second kappa shape index (κ2) is 5.90. The van der Waals surface area contributed by atoms with Crippen molar-refractivity contribution in [2.45, 2.75) is 18.4 Å². The Morgan fingerprint density at radius 1 is 1.39 bits per heavy atom. The topological polar surface area (TPSA) is 84.0 Å². The van der Waals surface area contributed by atoms with Crippen LogP contribution in [0.4, 0.5) is 0 Å². The maximum absolute atomic E-state index is 12.9. The third kappa shape index (κ3) is 2.70. The molecule has 4 rings (SSSR count). The lowest BCUT2D eigenvalue weighted by molar-refractivity contribution is -0.142. The van der Waals surface area contributed by atoms with Crippen LogP contribution in [0.15, 0.2) is 24.3 Å². The molecule has 1 saturated heterocycles. The van der Waals surface area contributed by atoms with E-state index in [1.54, 1.807) is 0 Å². The molecular formula is C15H16ClN5O2. The van der Waals surface area contributed by atoms with Gasteiger partial charge in [0.25, 0.3) is 0 Å². The van der Waals surface area contributed by atoms with Crippen LogP contribution in [0.2, 0.25) is 5.02 Å². The first kappa shape index (κ1) is 14.6. The fraction of sp³-hybridized carbons (Fsp3) is 0.467. The molecule has 1 aliphatic heterocycles. The third-order valence-electron chi connectivity index (χ3n) is 4.48. The minimum absolute atomic E-state index is 0.0256. The molecule has 1 N–H and O–H groups in total. The molecule has 23 heavy (non-hydrogen) atoms. The first-order valence-corrected chi connectivity index (χ1v) is 7.99. The summed E-state index contributed by atoms with van der Waals surface area (Å²) in [6.07, 6.45) is 0.832. The summed E-state index contributed by atoms with van der Waals surface area (Å²) in [6, 6.07) is 7.45. The normalized spacial score (nSPS) is 27.0. The van der Waals surface area contributed by atoms with Crippen LogP contribution in [0.1, 0.15) is 29.8 Å². The number of aromatic nitrogens is 4. The Kier molecular flexibility index (Phi) is 3.74. The van der Waals surface area contributed by atoms with E-state index in [0.717, 1.165) is 17.0 Å². The lowest BCUT2D eigenvalue weighted by Gasteiger charge is -2.34. The van der Waals surface area contributed by atoms with Crippen LogP contribution in [-0.4, -0.2) is 51.2 Å². The standard InChI is InChI=1S/C15H16ClN5O2/c16-12-4-2-1-3-9(12)10-7-11(10)15(22)21-5-6-23-8-13(21)14-17-19-20-18-14/h1-4,10-11,13H,5-8H2,(H,17,18,19,20)/t10-,11+,13-/m0/s1. The number of nitrogens with zero attached hydrogens (tertiary/aromatic N) is 4. The SMILES string of the molecule is O=C([C@@H]1C[C@H]1c1ccccc1Cl)N1CCOC[C@H]1c1nn[nH]n1. The highest BCUT2D eigenvalue weighted by Crippen LogP contribution is 2.51. The van der Waals surface area contributed by atoms with Crippen molar-refractivity contribution in [3.8, 4) is 0 Å². The summed E-state index contributed by atoms with van der Waals surface area (Å²) < 4.78 is 5.48. The van der Waals surface area contributed by atoms with Gasteiger partial charge in [0.1, 0.15) is 6.04 Å². The van der Waals surface area contributed by atoms with Gasteiger partial charge in [-0.15, -0.1) is 10.2 Å². The highest BCUT2D eigenvalue weighted by molar-refractivity contribution is 6.31. The fourth-order valence-electron chi connectivity index (χ4n) is 3.19. The number of morpholine rings is 1. The molecule has 1 saturated carbocycles.